The average molecular weight is 348 g/mol. The number of carbonyl (C=O) groups is 2. The maximum Gasteiger partial charge on any atom is 0.339 e. The molecule has 0 radical (unpaired) electrons. The van der Waals surface area contributed by atoms with Crippen LogP contribution in [0.2, 0.25) is 5.02 Å². The Labute approximate surface area is 145 Å². The van der Waals surface area contributed by atoms with Crippen LogP contribution in [0.4, 0.5) is 5.69 Å². The van der Waals surface area contributed by atoms with Crippen LogP contribution in [0.3, 0.4) is 0 Å². The molecule has 2 rings (SSSR count). The minimum Gasteiger partial charge on any atom is -0.481 e. The molecule has 0 fully saturated rings. The first kappa shape index (κ1) is 17.8. The Bertz CT molecular complexity index is 715. The van der Waals surface area contributed by atoms with Crippen molar-refractivity contribution in [3.05, 3.63) is 59.1 Å². The van der Waals surface area contributed by atoms with Crippen molar-refractivity contribution < 1.29 is 19.1 Å². The molecule has 5 nitrogen and oxygen atoms in total. The van der Waals surface area contributed by atoms with Gasteiger partial charge in [-0.05, 0) is 42.8 Å². The van der Waals surface area contributed by atoms with E-state index in [0.29, 0.717) is 22.9 Å². The number of halogens is 1. The molecule has 1 amide bonds. The molecule has 1 N–H and O–H groups in total. The minimum atomic E-state index is -0.697. The van der Waals surface area contributed by atoms with Gasteiger partial charge >= 0.3 is 5.97 Å². The summed E-state index contributed by atoms with van der Waals surface area (Å²) in [4.78, 5) is 24.2. The van der Waals surface area contributed by atoms with E-state index in [1.54, 1.807) is 48.5 Å². The molecule has 126 valence electrons. The number of anilines is 1. The molecule has 0 aliphatic heterocycles. The van der Waals surface area contributed by atoms with E-state index >= 15 is 0 Å². The number of esters is 1. The van der Waals surface area contributed by atoms with Crippen LogP contribution in [0.5, 0.6) is 5.75 Å². The third-order valence-electron chi connectivity index (χ3n) is 3.35. The predicted octanol–water partition coefficient (Wildman–Crippen LogP) is 3.92. The second kappa shape index (κ2) is 8.36. The summed E-state index contributed by atoms with van der Waals surface area (Å²) >= 11 is 5.83. The molecule has 0 saturated carbocycles. The zero-order valence-corrected chi connectivity index (χ0v) is 14.2. The van der Waals surface area contributed by atoms with E-state index in [2.05, 4.69) is 5.32 Å². The summed E-state index contributed by atoms with van der Waals surface area (Å²) in [6.07, 6.45) is -0.230. The maximum atomic E-state index is 12.5. The van der Waals surface area contributed by atoms with Gasteiger partial charge in [0.05, 0.1) is 18.4 Å². The molecule has 1 atom stereocenters. The van der Waals surface area contributed by atoms with Crippen molar-refractivity contribution in [1.29, 1.82) is 0 Å². The Balaban J connectivity index is 2.12. The second-order valence-corrected chi connectivity index (χ2v) is 5.43. The molecular weight excluding hydrogens is 330 g/mol. The molecule has 0 spiro atoms. The summed E-state index contributed by atoms with van der Waals surface area (Å²) in [5.41, 5.74) is 0.669. The predicted molar refractivity (Wildman–Crippen MR) is 92.6 cm³/mol. The fraction of sp³-hybridized carbons (Fsp3) is 0.222. The molecule has 0 unspecified atom stereocenters. The molecule has 2 aromatic carbocycles. The standard InChI is InChI=1S/C18H18ClNO4/c1-3-16(24-13-10-8-12(19)9-11-13)17(21)20-15-7-5-4-6-14(15)18(22)23-2/h4-11,16H,3H2,1-2H3,(H,20,21)/t16-/m0/s1. The maximum absolute atomic E-state index is 12.5. The van der Waals surface area contributed by atoms with E-state index < -0.39 is 12.1 Å². The topological polar surface area (TPSA) is 64.6 Å². The average Bonchev–Trinajstić information content (AvgIpc) is 2.61. The first-order valence-corrected chi connectivity index (χ1v) is 7.83. The van der Waals surface area contributed by atoms with E-state index in [1.807, 2.05) is 6.92 Å². The highest BCUT2D eigenvalue weighted by atomic mass is 35.5. The second-order valence-electron chi connectivity index (χ2n) is 5.00. The van der Waals surface area contributed by atoms with Crippen molar-refractivity contribution in [2.24, 2.45) is 0 Å². The van der Waals surface area contributed by atoms with Gasteiger partial charge in [-0.25, -0.2) is 4.79 Å². The lowest BCUT2D eigenvalue weighted by Crippen LogP contribution is -2.32. The lowest BCUT2D eigenvalue weighted by molar-refractivity contribution is -0.122. The number of hydrogen-bond donors (Lipinski definition) is 1. The molecule has 0 aliphatic carbocycles. The summed E-state index contributed by atoms with van der Waals surface area (Å²) in [5.74, 6) is -0.316. The van der Waals surface area contributed by atoms with Gasteiger partial charge in [0.2, 0.25) is 0 Å². The van der Waals surface area contributed by atoms with Crippen molar-refractivity contribution in [3.8, 4) is 5.75 Å². The number of amides is 1. The number of ether oxygens (including phenoxy) is 2. The Morgan fingerprint density at radius 2 is 1.79 bits per heavy atom. The van der Waals surface area contributed by atoms with Crippen molar-refractivity contribution in [3.63, 3.8) is 0 Å². The summed E-state index contributed by atoms with van der Waals surface area (Å²) in [6, 6.07) is 13.4. The molecule has 2 aromatic rings. The van der Waals surface area contributed by atoms with Gasteiger partial charge in [0.1, 0.15) is 5.75 Å². The number of rotatable bonds is 6. The van der Waals surface area contributed by atoms with Crippen LogP contribution in [0.1, 0.15) is 23.7 Å². The van der Waals surface area contributed by atoms with E-state index in [4.69, 9.17) is 21.1 Å². The molecule has 24 heavy (non-hydrogen) atoms. The summed E-state index contributed by atoms with van der Waals surface area (Å²) < 4.78 is 10.4. The molecule has 0 heterocycles. The van der Waals surface area contributed by atoms with Crippen LogP contribution in [-0.2, 0) is 9.53 Å². The van der Waals surface area contributed by atoms with Gasteiger partial charge in [0, 0.05) is 5.02 Å². The normalized spacial score (nSPS) is 11.5. The van der Waals surface area contributed by atoms with Crippen molar-refractivity contribution in [2.75, 3.05) is 12.4 Å². The Morgan fingerprint density at radius 3 is 2.42 bits per heavy atom. The number of benzene rings is 2. The van der Waals surface area contributed by atoms with Gasteiger partial charge in [-0.1, -0.05) is 30.7 Å². The third kappa shape index (κ3) is 4.49. The largest absolute Gasteiger partial charge is 0.481 e. The van der Waals surface area contributed by atoms with Crippen LogP contribution in [0.25, 0.3) is 0 Å². The third-order valence-corrected chi connectivity index (χ3v) is 3.60. The highest BCUT2D eigenvalue weighted by molar-refractivity contribution is 6.30. The first-order valence-electron chi connectivity index (χ1n) is 7.45. The molecular formula is C18H18ClNO4. The smallest absolute Gasteiger partial charge is 0.339 e. The SMILES string of the molecule is CC[C@H](Oc1ccc(Cl)cc1)C(=O)Nc1ccccc1C(=O)OC. The Morgan fingerprint density at radius 1 is 1.12 bits per heavy atom. The number of para-hydroxylation sites is 1. The van der Waals surface area contributed by atoms with Crippen LogP contribution < -0.4 is 10.1 Å². The molecule has 0 aliphatic rings. The molecule has 6 heteroatoms. The summed E-state index contributed by atoms with van der Waals surface area (Å²) in [6.45, 7) is 1.84. The first-order chi connectivity index (χ1) is 11.5. The van der Waals surface area contributed by atoms with Crippen molar-refractivity contribution in [2.45, 2.75) is 19.4 Å². The van der Waals surface area contributed by atoms with Gasteiger partial charge in [0.15, 0.2) is 6.10 Å². The van der Waals surface area contributed by atoms with Crippen LogP contribution in [0.15, 0.2) is 48.5 Å². The fourth-order valence-electron chi connectivity index (χ4n) is 2.09. The number of nitrogens with one attached hydrogen (secondary N) is 1. The van der Waals surface area contributed by atoms with E-state index in [-0.39, 0.29) is 11.5 Å². The van der Waals surface area contributed by atoms with E-state index in [0.717, 1.165) is 0 Å². The van der Waals surface area contributed by atoms with Crippen molar-refractivity contribution in [1.82, 2.24) is 0 Å². The molecule has 0 saturated heterocycles. The van der Waals surface area contributed by atoms with Crippen LogP contribution in [0, 0.1) is 0 Å². The quantitative estimate of drug-likeness (QED) is 0.804. The lowest BCUT2D eigenvalue weighted by atomic mass is 10.1. The Kier molecular flexibility index (Phi) is 6.21. The monoisotopic (exact) mass is 347 g/mol. The highest BCUT2D eigenvalue weighted by Gasteiger charge is 2.21. The van der Waals surface area contributed by atoms with E-state index in [1.165, 1.54) is 7.11 Å². The Hall–Kier alpha value is -2.53. The summed E-state index contributed by atoms with van der Waals surface area (Å²) in [5, 5.41) is 3.31. The van der Waals surface area contributed by atoms with Crippen molar-refractivity contribution >= 4 is 29.2 Å². The highest BCUT2D eigenvalue weighted by Crippen LogP contribution is 2.20. The number of carbonyl (C=O) groups excluding carboxylic acids is 2. The fourth-order valence-corrected chi connectivity index (χ4v) is 2.22. The summed E-state index contributed by atoms with van der Waals surface area (Å²) in [7, 11) is 1.29. The number of methoxy groups -OCH3 is 1. The molecule has 0 bridgehead atoms. The van der Waals surface area contributed by atoms with Crippen LogP contribution >= 0.6 is 11.6 Å². The van der Waals surface area contributed by atoms with Gasteiger partial charge < -0.3 is 14.8 Å². The van der Waals surface area contributed by atoms with Gasteiger partial charge in [0.25, 0.3) is 5.91 Å². The zero-order valence-electron chi connectivity index (χ0n) is 13.4. The van der Waals surface area contributed by atoms with Gasteiger partial charge in [-0.15, -0.1) is 0 Å². The van der Waals surface area contributed by atoms with Gasteiger partial charge in [-0.3, -0.25) is 4.79 Å². The zero-order chi connectivity index (χ0) is 17.5. The van der Waals surface area contributed by atoms with Crippen LogP contribution in [-0.4, -0.2) is 25.1 Å². The molecule has 0 aromatic heterocycles. The van der Waals surface area contributed by atoms with E-state index in [9.17, 15) is 9.59 Å². The number of hydrogen-bond acceptors (Lipinski definition) is 4. The minimum absolute atomic E-state index is 0.287. The lowest BCUT2D eigenvalue weighted by Gasteiger charge is -2.18. The van der Waals surface area contributed by atoms with Gasteiger partial charge in [-0.2, -0.15) is 0 Å².